The summed E-state index contributed by atoms with van der Waals surface area (Å²) in [4.78, 5) is 18.9. The fourth-order valence-corrected chi connectivity index (χ4v) is 4.03. The number of pyridine rings is 1. The second-order valence-electron chi connectivity index (χ2n) is 5.64. The van der Waals surface area contributed by atoms with Gasteiger partial charge in [0.25, 0.3) is 5.91 Å². The highest BCUT2D eigenvalue weighted by atomic mass is 32.2. The number of aromatic nitrogens is 1. The van der Waals surface area contributed by atoms with Gasteiger partial charge < -0.3 is 9.47 Å². The van der Waals surface area contributed by atoms with Crippen LogP contribution in [-0.4, -0.2) is 28.9 Å². The summed E-state index contributed by atoms with van der Waals surface area (Å²) in [6.45, 7) is 0.386. The van der Waals surface area contributed by atoms with Crippen LogP contribution in [0.2, 0.25) is 0 Å². The normalized spacial score (nSPS) is 17.8. The molecule has 130 valence electrons. The Kier molecular flexibility index (Phi) is 4.48. The molecule has 26 heavy (non-hydrogen) atoms. The molecule has 0 atom stereocenters. The number of fused-ring (bicyclic) bond motifs is 1. The van der Waals surface area contributed by atoms with Crippen LogP contribution in [0.25, 0.3) is 6.08 Å². The quantitative estimate of drug-likeness (QED) is 0.594. The van der Waals surface area contributed by atoms with Gasteiger partial charge in [0, 0.05) is 17.8 Å². The van der Waals surface area contributed by atoms with E-state index in [1.54, 1.807) is 25.6 Å². The van der Waals surface area contributed by atoms with Crippen LogP contribution in [0.4, 0.5) is 5.69 Å². The Bertz CT molecular complexity index is 955. The van der Waals surface area contributed by atoms with Gasteiger partial charge in [0.05, 0.1) is 23.9 Å². The fraction of sp³-hybridized carbons (Fsp3) is 0.105. The molecular weight excluding hydrogens is 368 g/mol. The summed E-state index contributed by atoms with van der Waals surface area (Å²) in [5.41, 5.74) is 2.53. The minimum atomic E-state index is -0.144. The first kappa shape index (κ1) is 16.8. The summed E-state index contributed by atoms with van der Waals surface area (Å²) in [7, 11) is 1.62. The number of anilines is 1. The number of thiocarbonyl (C=S) groups is 1. The van der Waals surface area contributed by atoms with Crippen molar-refractivity contribution in [1.29, 1.82) is 0 Å². The van der Waals surface area contributed by atoms with Crippen molar-refractivity contribution in [3.8, 4) is 11.5 Å². The third-order valence-electron chi connectivity index (χ3n) is 3.97. The molecule has 0 unspecified atom stereocenters. The van der Waals surface area contributed by atoms with E-state index in [9.17, 15) is 4.79 Å². The molecular formula is C19H14N2O3S2. The van der Waals surface area contributed by atoms with Crippen LogP contribution < -0.4 is 14.4 Å². The molecule has 2 aliphatic heterocycles. The molecule has 7 heteroatoms. The highest BCUT2D eigenvalue weighted by Crippen LogP contribution is 2.37. The van der Waals surface area contributed by atoms with E-state index in [1.165, 1.54) is 16.7 Å². The van der Waals surface area contributed by atoms with E-state index in [-0.39, 0.29) is 5.91 Å². The molecule has 1 aromatic heterocycles. The van der Waals surface area contributed by atoms with Gasteiger partial charge in [-0.15, -0.1) is 0 Å². The maximum absolute atomic E-state index is 12.8. The SMILES string of the molecule is COc1ccc2c(c1)OCC(/C=C1\SC(=S)N(c3cccnc3)C1=O)=C2. The van der Waals surface area contributed by atoms with Crippen LogP contribution in [0.1, 0.15) is 5.56 Å². The Morgan fingerprint density at radius 1 is 1.38 bits per heavy atom. The first-order valence-corrected chi connectivity index (χ1v) is 9.07. The zero-order chi connectivity index (χ0) is 18.1. The van der Waals surface area contributed by atoms with E-state index in [2.05, 4.69) is 4.98 Å². The maximum Gasteiger partial charge on any atom is 0.270 e. The minimum Gasteiger partial charge on any atom is -0.497 e. The van der Waals surface area contributed by atoms with Crippen LogP contribution in [0.3, 0.4) is 0 Å². The molecule has 3 heterocycles. The number of carbonyl (C=O) groups is 1. The molecule has 0 aliphatic carbocycles. The Morgan fingerprint density at radius 3 is 3.04 bits per heavy atom. The van der Waals surface area contributed by atoms with E-state index in [0.29, 0.717) is 21.5 Å². The highest BCUT2D eigenvalue weighted by molar-refractivity contribution is 8.27. The lowest BCUT2D eigenvalue weighted by molar-refractivity contribution is -0.113. The van der Waals surface area contributed by atoms with Crippen LogP contribution in [0, 0.1) is 0 Å². The number of ether oxygens (including phenoxy) is 2. The van der Waals surface area contributed by atoms with E-state index in [1.807, 2.05) is 36.4 Å². The number of hydrogen-bond acceptors (Lipinski definition) is 6. The molecule has 0 N–H and O–H groups in total. The van der Waals surface area contributed by atoms with Crippen molar-refractivity contribution in [2.24, 2.45) is 0 Å². The maximum atomic E-state index is 12.8. The van der Waals surface area contributed by atoms with Gasteiger partial charge in [-0.05, 0) is 42.0 Å². The van der Waals surface area contributed by atoms with Gasteiger partial charge in [-0.3, -0.25) is 14.7 Å². The van der Waals surface area contributed by atoms with Gasteiger partial charge in [-0.1, -0.05) is 24.0 Å². The Morgan fingerprint density at radius 2 is 2.27 bits per heavy atom. The molecule has 1 amide bonds. The number of carbonyl (C=O) groups excluding carboxylic acids is 1. The monoisotopic (exact) mass is 382 g/mol. The third kappa shape index (κ3) is 3.11. The van der Waals surface area contributed by atoms with Crippen molar-refractivity contribution in [3.05, 3.63) is 64.8 Å². The number of amides is 1. The summed E-state index contributed by atoms with van der Waals surface area (Å²) in [5.74, 6) is 1.37. The second kappa shape index (κ2) is 6.93. The number of hydrogen-bond donors (Lipinski definition) is 0. The molecule has 4 rings (SSSR count). The Labute approximate surface area is 160 Å². The van der Waals surface area contributed by atoms with Crippen molar-refractivity contribution in [1.82, 2.24) is 4.98 Å². The van der Waals surface area contributed by atoms with Gasteiger partial charge in [-0.25, -0.2) is 0 Å². The third-order valence-corrected chi connectivity index (χ3v) is 5.27. The van der Waals surface area contributed by atoms with Crippen LogP contribution in [0.5, 0.6) is 11.5 Å². The molecule has 0 bridgehead atoms. The number of methoxy groups -OCH3 is 1. The number of rotatable bonds is 3. The average Bonchev–Trinajstić information content (AvgIpc) is 2.95. The largest absolute Gasteiger partial charge is 0.497 e. The van der Waals surface area contributed by atoms with Gasteiger partial charge in [0.15, 0.2) is 4.32 Å². The molecule has 0 spiro atoms. The second-order valence-corrected chi connectivity index (χ2v) is 7.32. The first-order valence-electron chi connectivity index (χ1n) is 7.85. The number of benzene rings is 1. The van der Waals surface area contributed by atoms with Crippen molar-refractivity contribution in [3.63, 3.8) is 0 Å². The highest BCUT2D eigenvalue weighted by Gasteiger charge is 2.33. The van der Waals surface area contributed by atoms with Crippen molar-refractivity contribution in [2.45, 2.75) is 0 Å². The van der Waals surface area contributed by atoms with Gasteiger partial charge in [0.1, 0.15) is 18.1 Å². The smallest absolute Gasteiger partial charge is 0.270 e. The summed E-state index contributed by atoms with van der Waals surface area (Å²) >= 11 is 6.65. The van der Waals surface area contributed by atoms with Gasteiger partial charge in [0.2, 0.25) is 0 Å². The van der Waals surface area contributed by atoms with Crippen molar-refractivity contribution in [2.75, 3.05) is 18.6 Å². The molecule has 0 radical (unpaired) electrons. The molecule has 5 nitrogen and oxygen atoms in total. The molecule has 1 aromatic carbocycles. The van der Waals surface area contributed by atoms with Gasteiger partial charge in [-0.2, -0.15) is 0 Å². The summed E-state index contributed by atoms with van der Waals surface area (Å²) < 4.78 is 11.5. The summed E-state index contributed by atoms with van der Waals surface area (Å²) in [5, 5.41) is 0. The summed E-state index contributed by atoms with van der Waals surface area (Å²) in [6, 6.07) is 9.25. The predicted molar refractivity (Wildman–Crippen MR) is 106 cm³/mol. The number of thioether (sulfide) groups is 1. The molecule has 2 aromatic rings. The Hall–Kier alpha value is -2.64. The molecule has 2 aliphatic rings. The lowest BCUT2D eigenvalue weighted by Crippen LogP contribution is -2.27. The lowest BCUT2D eigenvalue weighted by Gasteiger charge is -2.17. The van der Waals surface area contributed by atoms with Crippen LogP contribution in [0.15, 0.2) is 59.3 Å². The van der Waals surface area contributed by atoms with Crippen LogP contribution in [-0.2, 0) is 4.79 Å². The number of nitrogens with zero attached hydrogens (tertiary/aromatic N) is 2. The summed E-state index contributed by atoms with van der Waals surface area (Å²) in [6.07, 6.45) is 7.13. The van der Waals surface area contributed by atoms with E-state index >= 15 is 0 Å². The first-order chi connectivity index (χ1) is 12.7. The molecule has 1 fully saturated rings. The Balaban J connectivity index is 1.62. The van der Waals surface area contributed by atoms with E-state index < -0.39 is 0 Å². The van der Waals surface area contributed by atoms with Crippen molar-refractivity contribution < 1.29 is 14.3 Å². The molecule has 1 saturated heterocycles. The zero-order valence-electron chi connectivity index (χ0n) is 13.8. The average molecular weight is 382 g/mol. The van der Waals surface area contributed by atoms with Crippen LogP contribution >= 0.6 is 24.0 Å². The standard InChI is InChI=1S/C19H14N2O3S2/c1-23-15-5-4-13-7-12(11-24-16(13)9-15)8-17-18(22)21(19(25)26-17)14-3-2-6-20-10-14/h2-10H,11H2,1H3/b17-8-. The lowest BCUT2D eigenvalue weighted by atomic mass is 10.1. The minimum absolute atomic E-state index is 0.144. The van der Waals surface area contributed by atoms with E-state index in [0.717, 1.165) is 22.6 Å². The fourth-order valence-electron chi connectivity index (χ4n) is 2.72. The van der Waals surface area contributed by atoms with E-state index in [4.69, 9.17) is 21.7 Å². The van der Waals surface area contributed by atoms with Gasteiger partial charge >= 0.3 is 0 Å². The topological polar surface area (TPSA) is 51.7 Å². The van der Waals surface area contributed by atoms with Crippen molar-refractivity contribution >= 4 is 46.0 Å². The zero-order valence-corrected chi connectivity index (χ0v) is 15.5. The molecule has 0 saturated carbocycles. The predicted octanol–water partition coefficient (Wildman–Crippen LogP) is 3.81.